The molecule has 6 nitrogen and oxygen atoms in total. The Hall–Kier alpha value is -0.980. The Balaban J connectivity index is 1.45. The third kappa shape index (κ3) is 3.13. The Kier molecular flexibility index (Phi) is 3.81. The monoisotopic (exact) mass is 267 g/mol. The van der Waals surface area contributed by atoms with Gasteiger partial charge in [0, 0.05) is 38.6 Å². The summed E-state index contributed by atoms with van der Waals surface area (Å²) in [7, 11) is 0. The van der Waals surface area contributed by atoms with E-state index in [1.165, 1.54) is 0 Å². The Morgan fingerprint density at radius 3 is 3.11 bits per heavy atom. The van der Waals surface area contributed by atoms with E-state index >= 15 is 0 Å². The fourth-order valence-electron chi connectivity index (χ4n) is 2.89. The molecule has 2 saturated heterocycles. The molecule has 2 unspecified atom stereocenters. The summed E-state index contributed by atoms with van der Waals surface area (Å²) in [5.41, 5.74) is -0.0308. The molecule has 1 N–H and O–H groups in total. The molecular weight excluding hydrogens is 246 g/mol. The molecule has 6 heteroatoms. The summed E-state index contributed by atoms with van der Waals surface area (Å²) in [6, 6.07) is 0.500. The first kappa shape index (κ1) is 13.0. The molecular formula is C13H21N3O3. The molecule has 0 aliphatic carbocycles. The summed E-state index contributed by atoms with van der Waals surface area (Å²) in [5, 5.41) is 7.36. The van der Waals surface area contributed by atoms with E-state index in [4.69, 9.17) is 14.0 Å². The van der Waals surface area contributed by atoms with Gasteiger partial charge in [0.05, 0.1) is 12.2 Å². The van der Waals surface area contributed by atoms with E-state index in [-0.39, 0.29) is 5.60 Å². The molecule has 2 aliphatic rings. The Morgan fingerprint density at radius 1 is 1.42 bits per heavy atom. The summed E-state index contributed by atoms with van der Waals surface area (Å²) in [6.07, 6.45) is 3.90. The number of aryl methyl sites for hydroxylation is 1. The lowest BCUT2D eigenvalue weighted by Gasteiger charge is -2.37. The second-order valence-corrected chi connectivity index (χ2v) is 5.46. The van der Waals surface area contributed by atoms with Crippen LogP contribution in [-0.2, 0) is 15.9 Å². The molecule has 2 atom stereocenters. The number of nitrogens with one attached hydrogen (secondary N) is 1. The smallest absolute Gasteiger partial charge is 0.227 e. The summed E-state index contributed by atoms with van der Waals surface area (Å²) < 4.78 is 16.5. The van der Waals surface area contributed by atoms with Crippen molar-refractivity contribution in [2.75, 3.05) is 26.4 Å². The maximum absolute atomic E-state index is 5.92. The summed E-state index contributed by atoms with van der Waals surface area (Å²) in [6.45, 7) is 5.09. The van der Waals surface area contributed by atoms with Gasteiger partial charge in [-0.15, -0.1) is 0 Å². The minimum atomic E-state index is -0.0308. The van der Waals surface area contributed by atoms with Crippen LogP contribution in [-0.4, -0.2) is 48.1 Å². The van der Waals surface area contributed by atoms with Crippen LogP contribution >= 0.6 is 0 Å². The van der Waals surface area contributed by atoms with Crippen molar-refractivity contribution >= 4 is 0 Å². The Bertz CT molecular complexity index is 415. The van der Waals surface area contributed by atoms with Gasteiger partial charge in [0.25, 0.3) is 0 Å². The molecule has 0 aromatic carbocycles. The molecule has 1 aromatic heterocycles. The molecule has 1 aromatic rings. The highest BCUT2D eigenvalue weighted by Gasteiger charge is 2.40. The van der Waals surface area contributed by atoms with Crippen LogP contribution in [0.1, 0.15) is 31.0 Å². The third-order valence-electron chi connectivity index (χ3n) is 3.90. The van der Waals surface area contributed by atoms with Crippen LogP contribution in [0.3, 0.4) is 0 Å². The maximum Gasteiger partial charge on any atom is 0.227 e. The summed E-state index contributed by atoms with van der Waals surface area (Å²) >= 11 is 0. The number of ether oxygens (including phenoxy) is 2. The quantitative estimate of drug-likeness (QED) is 0.872. The van der Waals surface area contributed by atoms with Crippen molar-refractivity contribution in [2.24, 2.45) is 0 Å². The van der Waals surface area contributed by atoms with Crippen molar-refractivity contribution in [3.8, 4) is 0 Å². The normalized spacial score (nSPS) is 31.1. The molecule has 2 aliphatic heterocycles. The van der Waals surface area contributed by atoms with Crippen molar-refractivity contribution in [3.05, 3.63) is 11.7 Å². The fraction of sp³-hybridized carbons (Fsp3) is 0.846. The van der Waals surface area contributed by atoms with E-state index in [1.54, 1.807) is 0 Å². The maximum atomic E-state index is 5.92. The van der Waals surface area contributed by atoms with Gasteiger partial charge in [-0.2, -0.15) is 4.98 Å². The van der Waals surface area contributed by atoms with Gasteiger partial charge >= 0.3 is 0 Å². The first-order valence-electron chi connectivity index (χ1n) is 7.00. The minimum Gasteiger partial charge on any atom is -0.378 e. The predicted molar refractivity (Wildman–Crippen MR) is 67.9 cm³/mol. The standard InChI is InChI=1S/C13H21N3O3/c1-10-15-12(19-16-10)2-5-14-11-3-6-18-13(8-11)4-7-17-9-13/h11,14H,2-9H2,1H3. The fourth-order valence-corrected chi connectivity index (χ4v) is 2.89. The van der Waals surface area contributed by atoms with Crippen LogP contribution < -0.4 is 5.32 Å². The molecule has 3 rings (SSSR count). The molecule has 3 heterocycles. The Morgan fingerprint density at radius 2 is 2.37 bits per heavy atom. The molecule has 0 amide bonds. The van der Waals surface area contributed by atoms with E-state index in [2.05, 4.69) is 15.5 Å². The van der Waals surface area contributed by atoms with E-state index < -0.39 is 0 Å². The van der Waals surface area contributed by atoms with E-state index in [0.717, 1.165) is 52.0 Å². The van der Waals surface area contributed by atoms with Gasteiger partial charge in [-0.1, -0.05) is 5.16 Å². The van der Waals surface area contributed by atoms with Gasteiger partial charge in [-0.25, -0.2) is 0 Å². The predicted octanol–water partition coefficient (Wildman–Crippen LogP) is 0.848. The average Bonchev–Trinajstić information content (AvgIpc) is 3.00. The zero-order valence-electron chi connectivity index (χ0n) is 11.4. The first-order chi connectivity index (χ1) is 9.26. The molecule has 0 bridgehead atoms. The van der Waals surface area contributed by atoms with Crippen LogP contribution in [0.2, 0.25) is 0 Å². The highest BCUT2D eigenvalue weighted by atomic mass is 16.6. The van der Waals surface area contributed by atoms with Crippen LogP contribution in [0, 0.1) is 6.92 Å². The molecule has 19 heavy (non-hydrogen) atoms. The van der Waals surface area contributed by atoms with Gasteiger partial charge in [0.15, 0.2) is 5.82 Å². The van der Waals surface area contributed by atoms with Gasteiger partial charge in [-0.3, -0.25) is 0 Å². The van der Waals surface area contributed by atoms with Crippen molar-refractivity contribution in [2.45, 2.75) is 44.2 Å². The third-order valence-corrected chi connectivity index (χ3v) is 3.90. The lowest BCUT2D eigenvalue weighted by molar-refractivity contribution is -0.0892. The van der Waals surface area contributed by atoms with Gasteiger partial charge in [0.2, 0.25) is 5.89 Å². The number of nitrogens with zero attached hydrogens (tertiary/aromatic N) is 2. The number of aromatic nitrogens is 2. The second kappa shape index (κ2) is 5.56. The molecule has 2 fully saturated rings. The largest absolute Gasteiger partial charge is 0.378 e. The highest BCUT2D eigenvalue weighted by molar-refractivity contribution is 4.93. The van der Waals surface area contributed by atoms with Gasteiger partial charge in [0.1, 0.15) is 0 Å². The molecule has 0 radical (unpaired) electrons. The van der Waals surface area contributed by atoms with E-state index in [0.29, 0.717) is 17.8 Å². The van der Waals surface area contributed by atoms with Crippen molar-refractivity contribution < 1.29 is 14.0 Å². The molecule has 106 valence electrons. The average molecular weight is 267 g/mol. The molecule has 0 saturated carbocycles. The van der Waals surface area contributed by atoms with E-state index in [1.807, 2.05) is 6.92 Å². The zero-order valence-corrected chi connectivity index (χ0v) is 11.4. The Labute approximate surface area is 112 Å². The number of hydrogen-bond donors (Lipinski definition) is 1. The number of hydrogen-bond acceptors (Lipinski definition) is 6. The molecule has 1 spiro atoms. The minimum absolute atomic E-state index is 0.0308. The lowest BCUT2D eigenvalue weighted by Crippen LogP contribution is -2.47. The number of rotatable bonds is 4. The van der Waals surface area contributed by atoms with Crippen LogP contribution in [0.4, 0.5) is 0 Å². The van der Waals surface area contributed by atoms with Gasteiger partial charge < -0.3 is 19.3 Å². The second-order valence-electron chi connectivity index (χ2n) is 5.46. The SMILES string of the molecule is Cc1noc(CCNC2CCOC3(CCOC3)C2)n1. The van der Waals surface area contributed by atoms with Crippen LogP contribution in [0.15, 0.2) is 4.52 Å². The van der Waals surface area contributed by atoms with Crippen molar-refractivity contribution in [3.63, 3.8) is 0 Å². The highest BCUT2D eigenvalue weighted by Crippen LogP contribution is 2.32. The zero-order chi connectivity index (χ0) is 13.1. The summed E-state index contributed by atoms with van der Waals surface area (Å²) in [5.74, 6) is 1.40. The van der Waals surface area contributed by atoms with Crippen molar-refractivity contribution in [1.29, 1.82) is 0 Å². The van der Waals surface area contributed by atoms with Crippen molar-refractivity contribution in [1.82, 2.24) is 15.5 Å². The topological polar surface area (TPSA) is 69.4 Å². The van der Waals surface area contributed by atoms with Gasteiger partial charge in [-0.05, 0) is 19.8 Å². The first-order valence-corrected chi connectivity index (χ1v) is 7.00. The van der Waals surface area contributed by atoms with Crippen LogP contribution in [0.25, 0.3) is 0 Å². The van der Waals surface area contributed by atoms with E-state index in [9.17, 15) is 0 Å². The summed E-state index contributed by atoms with van der Waals surface area (Å²) in [4.78, 5) is 4.20. The van der Waals surface area contributed by atoms with Crippen LogP contribution in [0.5, 0.6) is 0 Å². The lowest BCUT2D eigenvalue weighted by atomic mass is 9.89.